The fraction of sp³-hybridized carbons (Fsp3) is 0.429. The van der Waals surface area contributed by atoms with E-state index < -0.39 is 0 Å². The Morgan fingerprint density at radius 2 is 2.07 bits per heavy atom. The topological polar surface area (TPSA) is 75.7 Å². The number of amides is 1. The largest absolute Gasteiger partial charge is 0.490 e. The van der Waals surface area contributed by atoms with Crippen LogP contribution in [0.15, 0.2) is 24.3 Å². The molecule has 1 fully saturated rings. The summed E-state index contributed by atoms with van der Waals surface area (Å²) >= 11 is 0. The highest BCUT2D eigenvalue weighted by atomic mass is 16.5. The average molecular weight is 380 g/mol. The number of aryl methyl sites for hydroxylation is 1. The molecule has 0 aliphatic carbocycles. The molecule has 0 atom stereocenters. The van der Waals surface area contributed by atoms with Crippen LogP contribution in [0.2, 0.25) is 0 Å². The van der Waals surface area contributed by atoms with Crippen molar-refractivity contribution in [3.05, 3.63) is 41.1 Å². The van der Waals surface area contributed by atoms with Gasteiger partial charge in [-0.25, -0.2) is 4.98 Å². The van der Waals surface area contributed by atoms with E-state index in [1.165, 1.54) is 0 Å². The number of rotatable bonds is 3. The molecule has 0 unspecified atom stereocenters. The number of benzene rings is 1. The van der Waals surface area contributed by atoms with Crippen LogP contribution < -0.4 is 25.0 Å². The Kier molecular flexibility index (Phi) is 4.22. The van der Waals surface area contributed by atoms with E-state index in [1.54, 1.807) is 0 Å². The predicted molar refractivity (Wildman–Crippen MR) is 106 cm³/mol. The fourth-order valence-electron chi connectivity index (χ4n) is 4.12. The van der Waals surface area contributed by atoms with Crippen LogP contribution in [-0.2, 0) is 6.54 Å². The lowest BCUT2D eigenvalue weighted by Gasteiger charge is -2.34. The molecule has 2 aromatic rings. The number of nitrogens with one attached hydrogen (secondary N) is 2. The Labute approximate surface area is 164 Å². The lowest BCUT2D eigenvalue weighted by Crippen LogP contribution is -2.39. The highest BCUT2D eigenvalue weighted by Gasteiger charge is 2.27. The number of ether oxygens (including phenoxy) is 2. The second kappa shape index (κ2) is 6.89. The molecular formula is C21H24N4O3. The van der Waals surface area contributed by atoms with Gasteiger partial charge in [0, 0.05) is 38.5 Å². The van der Waals surface area contributed by atoms with Gasteiger partial charge >= 0.3 is 0 Å². The van der Waals surface area contributed by atoms with Crippen LogP contribution in [0.25, 0.3) is 0 Å². The van der Waals surface area contributed by atoms with Crippen molar-refractivity contribution in [2.45, 2.75) is 32.4 Å². The Hall–Kier alpha value is -2.96. The van der Waals surface area contributed by atoms with Gasteiger partial charge in [-0.15, -0.1) is 0 Å². The zero-order valence-electron chi connectivity index (χ0n) is 16.0. The summed E-state index contributed by atoms with van der Waals surface area (Å²) in [7, 11) is 0. The molecule has 0 bridgehead atoms. The third kappa shape index (κ3) is 3.10. The molecule has 7 nitrogen and oxygen atoms in total. The van der Waals surface area contributed by atoms with Crippen molar-refractivity contribution in [1.29, 1.82) is 0 Å². The standard InChI is InChI=1S/C21H24N4O3/c1-13-10-16-18(12-23-21(16)26)24-20(13)25-7-4-14(5-8-25)28-15-2-3-17-19(11-15)27-9-6-22-17/h2-3,10-11,14,22H,4-9,12H2,1H3,(H,23,26). The number of fused-ring (bicyclic) bond motifs is 2. The van der Waals surface area contributed by atoms with Crippen molar-refractivity contribution in [3.8, 4) is 11.5 Å². The lowest BCUT2D eigenvalue weighted by molar-refractivity contribution is 0.0965. The van der Waals surface area contributed by atoms with E-state index in [-0.39, 0.29) is 12.0 Å². The molecular weight excluding hydrogens is 356 g/mol. The fourth-order valence-corrected chi connectivity index (χ4v) is 4.12. The third-order valence-electron chi connectivity index (χ3n) is 5.60. The minimum Gasteiger partial charge on any atom is -0.490 e. The first-order valence-corrected chi connectivity index (χ1v) is 9.88. The van der Waals surface area contributed by atoms with Gasteiger partial charge in [0.05, 0.1) is 23.5 Å². The summed E-state index contributed by atoms with van der Waals surface area (Å²) in [6.45, 7) is 5.85. The van der Waals surface area contributed by atoms with Crippen molar-refractivity contribution < 1.29 is 14.3 Å². The van der Waals surface area contributed by atoms with Gasteiger partial charge in [-0.3, -0.25) is 4.79 Å². The monoisotopic (exact) mass is 380 g/mol. The van der Waals surface area contributed by atoms with Gasteiger partial charge in [-0.1, -0.05) is 0 Å². The summed E-state index contributed by atoms with van der Waals surface area (Å²) < 4.78 is 11.9. The molecule has 146 valence electrons. The van der Waals surface area contributed by atoms with Crippen molar-refractivity contribution in [3.63, 3.8) is 0 Å². The van der Waals surface area contributed by atoms with Crippen molar-refractivity contribution in [2.24, 2.45) is 0 Å². The molecule has 1 amide bonds. The molecule has 7 heteroatoms. The van der Waals surface area contributed by atoms with Crippen LogP contribution in [0.1, 0.15) is 34.5 Å². The summed E-state index contributed by atoms with van der Waals surface area (Å²) in [6, 6.07) is 7.96. The van der Waals surface area contributed by atoms with Crippen molar-refractivity contribution in [1.82, 2.24) is 10.3 Å². The molecule has 2 N–H and O–H groups in total. The summed E-state index contributed by atoms with van der Waals surface area (Å²) in [5, 5.41) is 6.17. The summed E-state index contributed by atoms with van der Waals surface area (Å²) in [6.07, 6.45) is 2.06. The first-order valence-electron chi connectivity index (χ1n) is 9.88. The van der Waals surface area contributed by atoms with E-state index in [9.17, 15) is 4.79 Å². The number of nitrogens with zero attached hydrogens (tertiary/aromatic N) is 2. The van der Waals surface area contributed by atoms with Crippen LogP contribution in [0.3, 0.4) is 0 Å². The van der Waals surface area contributed by atoms with E-state index in [4.69, 9.17) is 14.5 Å². The van der Waals surface area contributed by atoms with E-state index in [0.29, 0.717) is 18.7 Å². The Balaban J connectivity index is 1.24. The molecule has 1 saturated heterocycles. The van der Waals surface area contributed by atoms with Gasteiger partial charge in [0.2, 0.25) is 0 Å². The summed E-state index contributed by atoms with van der Waals surface area (Å²) in [5.41, 5.74) is 3.64. The molecule has 3 aliphatic heterocycles. The van der Waals surface area contributed by atoms with Crippen LogP contribution >= 0.6 is 0 Å². The number of carbonyl (C=O) groups is 1. The number of anilines is 2. The van der Waals surface area contributed by atoms with E-state index in [1.807, 2.05) is 31.2 Å². The normalized spacial score (nSPS) is 18.6. The number of piperidine rings is 1. The number of hydrogen-bond acceptors (Lipinski definition) is 6. The number of hydrogen-bond donors (Lipinski definition) is 2. The van der Waals surface area contributed by atoms with E-state index in [2.05, 4.69) is 15.5 Å². The minimum atomic E-state index is -0.0199. The van der Waals surface area contributed by atoms with E-state index in [0.717, 1.165) is 66.7 Å². The van der Waals surface area contributed by atoms with E-state index >= 15 is 0 Å². The van der Waals surface area contributed by atoms with Crippen molar-refractivity contribution in [2.75, 3.05) is 36.5 Å². The van der Waals surface area contributed by atoms with Gasteiger partial charge in [-0.2, -0.15) is 0 Å². The SMILES string of the molecule is Cc1cc2c(nc1N1CCC(Oc3ccc4c(c3)OCCN4)CC1)CNC2=O. The zero-order valence-corrected chi connectivity index (χ0v) is 16.0. The maximum Gasteiger partial charge on any atom is 0.253 e. The molecule has 0 spiro atoms. The Morgan fingerprint density at radius 1 is 1.21 bits per heavy atom. The third-order valence-corrected chi connectivity index (χ3v) is 5.60. The first-order chi connectivity index (χ1) is 13.7. The number of pyridine rings is 1. The van der Waals surface area contributed by atoms with Gasteiger partial charge in [0.15, 0.2) is 0 Å². The zero-order chi connectivity index (χ0) is 19.1. The quantitative estimate of drug-likeness (QED) is 0.852. The van der Waals surface area contributed by atoms with Gasteiger partial charge < -0.3 is 25.0 Å². The maximum atomic E-state index is 11.8. The van der Waals surface area contributed by atoms with Crippen LogP contribution in [0.5, 0.6) is 11.5 Å². The molecule has 1 aromatic heterocycles. The van der Waals surface area contributed by atoms with Crippen LogP contribution in [-0.4, -0.2) is 43.2 Å². The highest BCUT2D eigenvalue weighted by molar-refractivity contribution is 5.98. The Morgan fingerprint density at radius 3 is 2.93 bits per heavy atom. The van der Waals surface area contributed by atoms with Gasteiger partial charge in [0.1, 0.15) is 30.0 Å². The highest BCUT2D eigenvalue weighted by Crippen LogP contribution is 2.33. The van der Waals surface area contributed by atoms with Crippen LogP contribution in [0, 0.1) is 6.92 Å². The second-order valence-electron chi connectivity index (χ2n) is 7.54. The first kappa shape index (κ1) is 17.2. The molecule has 5 rings (SSSR count). The van der Waals surface area contributed by atoms with Crippen LogP contribution in [0.4, 0.5) is 11.5 Å². The molecule has 4 heterocycles. The predicted octanol–water partition coefficient (Wildman–Crippen LogP) is 2.49. The molecule has 28 heavy (non-hydrogen) atoms. The van der Waals surface area contributed by atoms with Gasteiger partial charge in [-0.05, 0) is 30.7 Å². The minimum absolute atomic E-state index is 0.0199. The summed E-state index contributed by atoms with van der Waals surface area (Å²) in [5.74, 6) is 2.69. The molecule has 0 saturated carbocycles. The van der Waals surface area contributed by atoms with Crippen molar-refractivity contribution >= 4 is 17.4 Å². The molecule has 3 aliphatic rings. The Bertz CT molecular complexity index is 922. The molecule has 1 aromatic carbocycles. The second-order valence-corrected chi connectivity index (χ2v) is 7.54. The lowest BCUT2D eigenvalue weighted by atomic mass is 10.1. The summed E-state index contributed by atoms with van der Waals surface area (Å²) in [4.78, 5) is 18.9. The number of carbonyl (C=O) groups excluding carboxylic acids is 1. The number of aromatic nitrogens is 1. The molecule has 0 radical (unpaired) electrons. The smallest absolute Gasteiger partial charge is 0.253 e. The average Bonchev–Trinajstić information content (AvgIpc) is 3.08. The van der Waals surface area contributed by atoms with Gasteiger partial charge in [0.25, 0.3) is 5.91 Å². The maximum absolute atomic E-state index is 11.8.